The summed E-state index contributed by atoms with van der Waals surface area (Å²) in [5.74, 6) is -1.25. The average Bonchev–Trinajstić information content (AvgIpc) is 2.65. The van der Waals surface area contributed by atoms with Crippen molar-refractivity contribution in [2.45, 2.75) is 12.8 Å². The van der Waals surface area contributed by atoms with Crippen LogP contribution in [0.5, 0.6) is 0 Å². The summed E-state index contributed by atoms with van der Waals surface area (Å²) in [6.45, 7) is 0.224. The number of nitrogens with one attached hydrogen (secondary N) is 1. The molecule has 2 aromatic carbocycles. The summed E-state index contributed by atoms with van der Waals surface area (Å²) in [6, 6.07) is 13.4. The number of nitrogens with zero attached hydrogens (tertiary/aromatic N) is 1. The Morgan fingerprint density at radius 2 is 1.78 bits per heavy atom. The first-order valence-corrected chi connectivity index (χ1v) is 10.6. The van der Waals surface area contributed by atoms with Gasteiger partial charge in [0.15, 0.2) is 6.61 Å². The lowest BCUT2D eigenvalue weighted by Crippen LogP contribution is -2.40. The van der Waals surface area contributed by atoms with Gasteiger partial charge in [-0.25, -0.2) is 12.7 Å². The fraction of sp³-hybridized carbons (Fsp3) is 0.368. The van der Waals surface area contributed by atoms with Crippen molar-refractivity contribution in [1.29, 1.82) is 0 Å². The van der Waals surface area contributed by atoms with Crippen molar-refractivity contribution in [3.63, 3.8) is 0 Å². The standard InChI is InChI=1S/C19H22N2O5S/c1-27(24,25)21-10-8-15(9-11-21)19(23)26-13-18(22)20-17-7-6-14-4-2-3-5-16(14)12-17/h2-7,12,15H,8-11,13H2,1H3,(H,20,22). The van der Waals surface area contributed by atoms with Crippen LogP contribution in [0.2, 0.25) is 0 Å². The number of esters is 1. The smallest absolute Gasteiger partial charge is 0.309 e. The minimum absolute atomic E-state index is 0.294. The van der Waals surface area contributed by atoms with Crippen molar-refractivity contribution in [2.24, 2.45) is 5.92 Å². The molecule has 8 heteroatoms. The fourth-order valence-electron chi connectivity index (χ4n) is 3.14. The van der Waals surface area contributed by atoms with E-state index in [1.165, 1.54) is 4.31 Å². The number of hydrogen-bond donors (Lipinski definition) is 1. The lowest BCUT2D eigenvalue weighted by atomic mass is 9.98. The summed E-state index contributed by atoms with van der Waals surface area (Å²) in [5.41, 5.74) is 0.635. The maximum Gasteiger partial charge on any atom is 0.309 e. The van der Waals surface area contributed by atoms with Gasteiger partial charge in [0.2, 0.25) is 10.0 Å². The van der Waals surface area contributed by atoms with Gasteiger partial charge in [0.1, 0.15) is 0 Å². The summed E-state index contributed by atoms with van der Waals surface area (Å²) in [6.07, 6.45) is 1.96. The van der Waals surface area contributed by atoms with E-state index in [4.69, 9.17) is 4.74 Å². The van der Waals surface area contributed by atoms with Gasteiger partial charge in [0, 0.05) is 18.8 Å². The van der Waals surface area contributed by atoms with E-state index in [1.54, 1.807) is 6.07 Å². The van der Waals surface area contributed by atoms with Crippen LogP contribution in [-0.2, 0) is 24.3 Å². The molecular weight excluding hydrogens is 368 g/mol. The number of fused-ring (bicyclic) bond motifs is 1. The third-order valence-electron chi connectivity index (χ3n) is 4.64. The van der Waals surface area contributed by atoms with E-state index in [0.717, 1.165) is 17.0 Å². The van der Waals surface area contributed by atoms with Gasteiger partial charge >= 0.3 is 5.97 Å². The number of hydrogen-bond acceptors (Lipinski definition) is 5. The molecule has 0 aliphatic carbocycles. The summed E-state index contributed by atoms with van der Waals surface area (Å²) in [5, 5.41) is 4.79. The highest BCUT2D eigenvalue weighted by atomic mass is 32.2. The van der Waals surface area contributed by atoms with E-state index in [0.29, 0.717) is 31.6 Å². The molecule has 0 spiro atoms. The van der Waals surface area contributed by atoms with Crippen LogP contribution in [0.25, 0.3) is 10.8 Å². The van der Waals surface area contributed by atoms with Crippen LogP contribution in [0.4, 0.5) is 5.69 Å². The molecule has 1 aliphatic rings. The zero-order valence-corrected chi connectivity index (χ0v) is 15.9. The van der Waals surface area contributed by atoms with Gasteiger partial charge in [-0.3, -0.25) is 9.59 Å². The van der Waals surface area contributed by atoms with Gasteiger partial charge in [-0.15, -0.1) is 0 Å². The van der Waals surface area contributed by atoms with Crippen LogP contribution in [0, 0.1) is 5.92 Å². The predicted octanol–water partition coefficient (Wildman–Crippen LogP) is 1.99. The third-order valence-corrected chi connectivity index (χ3v) is 5.94. The Balaban J connectivity index is 1.48. The molecule has 3 rings (SSSR count). The second-order valence-corrected chi connectivity index (χ2v) is 8.64. The number of piperidine rings is 1. The maximum absolute atomic E-state index is 12.1. The van der Waals surface area contributed by atoms with Gasteiger partial charge < -0.3 is 10.1 Å². The molecular formula is C19H22N2O5S. The molecule has 144 valence electrons. The monoisotopic (exact) mass is 390 g/mol. The molecule has 1 saturated heterocycles. The van der Waals surface area contributed by atoms with Crippen LogP contribution in [0.15, 0.2) is 42.5 Å². The second kappa shape index (κ2) is 8.06. The summed E-state index contributed by atoms with van der Waals surface area (Å²) in [4.78, 5) is 24.2. The quantitative estimate of drug-likeness (QED) is 0.788. The first kappa shape index (κ1) is 19.3. The topological polar surface area (TPSA) is 92.8 Å². The number of anilines is 1. The fourth-order valence-corrected chi connectivity index (χ4v) is 4.02. The number of carbonyl (C=O) groups is 2. The van der Waals surface area contributed by atoms with Crippen molar-refractivity contribution < 1.29 is 22.7 Å². The highest BCUT2D eigenvalue weighted by Crippen LogP contribution is 2.21. The van der Waals surface area contributed by atoms with Gasteiger partial charge in [0.05, 0.1) is 12.2 Å². The number of carbonyl (C=O) groups excluding carboxylic acids is 2. The van der Waals surface area contributed by atoms with Crippen LogP contribution in [0.3, 0.4) is 0 Å². The van der Waals surface area contributed by atoms with E-state index in [9.17, 15) is 18.0 Å². The third kappa shape index (κ3) is 5.05. The van der Waals surface area contributed by atoms with E-state index in [1.807, 2.05) is 36.4 Å². The molecule has 27 heavy (non-hydrogen) atoms. The Bertz CT molecular complexity index is 949. The largest absolute Gasteiger partial charge is 0.455 e. The second-order valence-electron chi connectivity index (χ2n) is 6.65. The zero-order chi connectivity index (χ0) is 19.4. The molecule has 1 heterocycles. The number of rotatable bonds is 5. The minimum Gasteiger partial charge on any atom is -0.455 e. The minimum atomic E-state index is -3.23. The Hall–Kier alpha value is -2.45. The van der Waals surface area contributed by atoms with Crippen molar-refractivity contribution >= 4 is 38.4 Å². The molecule has 0 bridgehead atoms. The van der Waals surface area contributed by atoms with Crippen molar-refractivity contribution in [3.05, 3.63) is 42.5 Å². The lowest BCUT2D eigenvalue weighted by molar-refractivity contribution is -0.152. The molecule has 0 radical (unpaired) electrons. The van der Waals surface area contributed by atoms with Crippen molar-refractivity contribution in [1.82, 2.24) is 4.31 Å². The Kier molecular flexibility index (Phi) is 5.76. The number of sulfonamides is 1. The molecule has 0 unspecified atom stereocenters. The molecule has 0 saturated carbocycles. The highest BCUT2D eigenvalue weighted by Gasteiger charge is 2.30. The lowest BCUT2D eigenvalue weighted by Gasteiger charge is -2.28. The van der Waals surface area contributed by atoms with E-state index in [-0.39, 0.29) is 12.5 Å². The van der Waals surface area contributed by atoms with E-state index < -0.39 is 21.9 Å². The van der Waals surface area contributed by atoms with Gasteiger partial charge in [-0.1, -0.05) is 30.3 Å². The molecule has 1 N–H and O–H groups in total. The van der Waals surface area contributed by atoms with Gasteiger partial charge in [-0.05, 0) is 35.7 Å². The number of amides is 1. The SMILES string of the molecule is CS(=O)(=O)N1CCC(C(=O)OCC(=O)Nc2ccc3ccccc3c2)CC1. The summed E-state index contributed by atoms with van der Waals surface area (Å²) in [7, 11) is -3.23. The molecule has 1 fully saturated rings. The average molecular weight is 390 g/mol. The highest BCUT2D eigenvalue weighted by molar-refractivity contribution is 7.88. The van der Waals surface area contributed by atoms with E-state index >= 15 is 0 Å². The van der Waals surface area contributed by atoms with Crippen LogP contribution >= 0.6 is 0 Å². The Labute approximate surface area is 158 Å². The Morgan fingerprint density at radius 3 is 2.44 bits per heavy atom. The first-order valence-electron chi connectivity index (χ1n) is 8.73. The van der Waals surface area contributed by atoms with Crippen molar-refractivity contribution in [3.8, 4) is 0 Å². The van der Waals surface area contributed by atoms with Crippen molar-refractivity contribution in [2.75, 3.05) is 31.3 Å². The van der Waals surface area contributed by atoms with Crippen LogP contribution in [0.1, 0.15) is 12.8 Å². The summed E-state index contributed by atoms with van der Waals surface area (Å²) < 4.78 is 29.4. The van der Waals surface area contributed by atoms with Gasteiger partial charge in [-0.2, -0.15) is 0 Å². The molecule has 1 amide bonds. The number of benzene rings is 2. The molecule has 2 aromatic rings. The van der Waals surface area contributed by atoms with Crippen LogP contribution < -0.4 is 5.32 Å². The predicted molar refractivity (Wildman–Crippen MR) is 103 cm³/mol. The zero-order valence-electron chi connectivity index (χ0n) is 15.1. The molecule has 0 atom stereocenters. The van der Waals surface area contributed by atoms with E-state index in [2.05, 4.69) is 5.32 Å². The summed E-state index contributed by atoms with van der Waals surface area (Å²) >= 11 is 0. The number of ether oxygens (including phenoxy) is 1. The Morgan fingerprint density at radius 1 is 1.11 bits per heavy atom. The maximum atomic E-state index is 12.1. The van der Waals surface area contributed by atoms with Crippen LogP contribution in [-0.4, -0.2) is 50.6 Å². The molecule has 1 aliphatic heterocycles. The molecule has 0 aromatic heterocycles. The first-order chi connectivity index (χ1) is 12.8. The normalized spacial score (nSPS) is 16.2. The van der Waals surface area contributed by atoms with Gasteiger partial charge in [0.25, 0.3) is 5.91 Å². The molecule has 7 nitrogen and oxygen atoms in total.